The van der Waals surface area contributed by atoms with Gasteiger partial charge in [0.2, 0.25) is 0 Å². The van der Waals surface area contributed by atoms with Crippen LogP contribution < -0.4 is 0 Å². The molecular formula is C19H27N3O3S. The largest absolute Gasteiger partial charge is 0.371 e. The second kappa shape index (κ2) is 7.90. The van der Waals surface area contributed by atoms with Crippen LogP contribution in [0.25, 0.3) is 0 Å². The Morgan fingerprint density at radius 3 is 2.65 bits per heavy atom. The smallest absolute Gasteiger partial charge is 0.149 e. The van der Waals surface area contributed by atoms with Gasteiger partial charge in [-0.05, 0) is 19.4 Å². The van der Waals surface area contributed by atoms with E-state index in [-0.39, 0.29) is 11.9 Å². The summed E-state index contributed by atoms with van der Waals surface area (Å²) in [6, 6.07) is 10.3. The topological polar surface area (TPSA) is 64.4 Å². The van der Waals surface area contributed by atoms with Crippen LogP contribution in [-0.2, 0) is 27.7 Å². The van der Waals surface area contributed by atoms with E-state index in [1.807, 2.05) is 36.7 Å². The first-order valence-electron chi connectivity index (χ1n) is 8.93. The molecule has 0 N–H and O–H groups in total. The van der Waals surface area contributed by atoms with E-state index in [4.69, 9.17) is 4.74 Å². The quantitative estimate of drug-likeness (QED) is 0.772. The molecule has 0 bridgehead atoms. The molecule has 1 aromatic heterocycles. The van der Waals surface area contributed by atoms with Crippen LogP contribution in [0.1, 0.15) is 28.6 Å². The van der Waals surface area contributed by atoms with Crippen molar-refractivity contribution in [2.24, 2.45) is 0 Å². The van der Waals surface area contributed by atoms with Crippen molar-refractivity contribution in [1.82, 2.24) is 14.7 Å². The van der Waals surface area contributed by atoms with E-state index >= 15 is 0 Å². The molecule has 0 spiro atoms. The van der Waals surface area contributed by atoms with Gasteiger partial charge in [-0.15, -0.1) is 0 Å². The molecule has 0 radical (unpaired) electrons. The van der Waals surface area contributed by atoms with E-state index in [1.54, 1.807) is 0 Å². The first-order chi connectivity index (χ1) is 12.3. The molecule has 1 fully saturated rings. The highest BCUT2D eigenvalue weighted by atomic mass is 32.2. The molecule has 7 heteroatoms. The van der Waals surface area contributed by atoms with Crippen LogP contribution in [0.4, 0.5) is 0 Å². The monoisotopic (exact) mass is 377 g/mol. The fraction of sp³-hybridized carbons (Fsp3) is 0.526. The van der Waals surface area contributed by atoms with Crippen LogP contribution in [-0.4, -0.2) is 54.8 Å². The van der Waals surface area contributed by atoms with Crippen molar-refractivity contribution in [3.63, 3.8) is 0 Å². The first-order valence-corrected chi connectivity index (χ1v) is 11.0. The van der Waals surface area contributed by atoms with Crippen LogP contribution in [0.15, 0.2) is 30.3 Å². The maximum absolute atomic E-state index is 11.4. The average molecular weight is 378 g/mol. The molecule has 1 atom stereocenters. The Morgan fingerprint density at radius 1 is 1.23 bits per heavy atom. The zero-order valence-corrected chi connectivity index (χ0v) is 16.5. The number of benzene rings is 1. The maximum Gasteiger partial charge on any atom is 0.149 e. The first kappa shape index (κ1) is 19.1. The van der Waals surface area contributed by atoms with Gasteiger partial charge in [0, 0.05) is 37.1 Å². The summed E-state index contributed by atoms with van der Waals surface area (Å²) in [5.74, 6) is 0.113. The summed E-state index contributed by atoms with van der Waals surface area (Å²) in [6.07, 6.45) is 1.35. The summed E-state index contributed by atoms with van der Waals surface area (Å²) >= 11 is 0. The number of aromatic nitrogens is 2. The fourth-order valence-corrected chi connectivity index (χ4v) is 3.88. The summed E-state index contributed by atoms with van der Waals surface area (Å²) in [7, 11) is -3.00. The summed E-state index contributed by atoms with van der Waals surface area (Å²) in [6.45, 7) is 7.67. The standard InChI is InChI=1S/C19H27N3O3S/c1-15-18(16(2)22(20-15)10-12-26(3,23)24)13-21-9-11-25-19(14-21)17-7-5-4-6-8-17/h4-8,19H,9-14H2,1-3H3. The van der Waals surface area contributed by atoms with Crippen LogP contribution >= 0.6 is 0 Å². The van der Waals surface area contributed by atoms with Crippen LogP contribution in [0.5, 0.6) is 0 Å². The van der Waals surface area contributed by atoms with Gasteiger partial charge in [-0.1, -0.05) is 30.3 Å². The Balaban J connectivity index is 1.69. The number of hydrogen-bond acceptors (Lipinski definition) is 5. The highest BCUT2D eigenvalue weighted by Crippen LogP contribution is 2.24. The lowest BCUT2D eigenvalue weighted by Gasteiger charge is -2.33. The highest BCUT2D eigenvalue weighted by molar-refractivity contribution is 7.90. The molecule has 1 saturated heterocycles. The highest BCUT2D eigenvalue weighted by Gasteiger charge is 2.24. The maximum atomic E-state index is 11.4. The van der Waals surface area contributed by atoms with Gasteiger partial charge in [0.05, 0.1) is 30.7 Å². The van der Waals surface area contributed by atoms with Crippen LogP contribution in [0.2, 0.25) is 0 Å². The van der Waals surface area contributed by atoms with Gasteiger partial charge >= 0.3 is 0 Å². The number of sulfone groups is 1. The summed E-state index contributed by atoms with van der Waals surface area (Å²) in [5.41, 5.74) is 4.41. The van der Waals surface area contributed by atoms with Gasteiger partial charge in [0.25, 0.3) is 0 Å². The third-order valence-corrected chi connectivity index (χ3v) is 5.83. The number of ether oxygens (including phenoxy) is 1. The average Bonchev–Trinajstić information content (AvgIpc) is 2.88. The number of hydrogen-bond donors (Lipinski definition) is 0. The summed E-state index contributed by atoms with van der Waals surface area (Å²) in [5, 5.41) is 4.55. The van der Waals surface area contributed by atoms with Gasteiger partial charge in [-0.2, -0.15) is 5.10 Å². The number of nitrogens with zero attached hydrogens (tertiary/aromatic N) is 3. The lowest BCUT2D eigenvalue weighted by Crippen LogP contribution is -2.38. The normalized spacial score (nSPS) is 19.0. The van der Waals surface area contributed by atoms with E-state index in [2.05, 4.69) is 22.1 Å². The zero-order chi connectivity index (χ0) is 18.7. The minimum absolute atomic E-state index is 0.0887. The van der Waals surface area contributed by atoms with Gasteiger partial charge < -0.3 is 4.74 Å². The van der Waals surface area contributed by atoms with Crippen LogP contribution in [0.3, 0.4) is 0 Å². The molecule has 26 heavy (non-hydrogen) atoms. The second-order valence-electron chi connectivity index (χ2n) is 7.01. The van der Waals surface area contributed by atoms with Gasteiger partial charge in [0.1, 0.15) is 9.84 Å². The molecule has 0 aliphatic carbocycles. The van der Waals surface area contributed by atoms with Crippen molar-refractivity contribution in [1.29, 1.82) is 0 Å². The van der Waals surface area contributed by atoms with E-state index in [9.17, 15) is 8.42 Å². The number of rotatable bonds is 6. The molecule has 1 aliphatic heterocycles. The second-order valence-corrected chi connectivity index (χ2v) is 9.27. The van der Waals surface area contributed by atoms with E-state index in [0.717, 1.165) is 31.0 Å². The Labute approximate surface area is 155 Å². The molecule has 2 heterocycles. The Bertz CT molecular complexity index is 846. The van der Waals surface area contributed by atoms with Gasteiger partial charge in [-0.25, -0.2) is 8.42 Å². The lowest BCUT2D eigenvalue weighted by atomic mass is 10.1. The molecule has 0 saturated carbocycles. The molecule has 3 rings (SSSR count). The molecule has 1 aromatic carbocycles. The van der Waals surface area contributed by atoms with E-state index < -0.39 is 9.84 Å². The lowest BCUT2D eigenvalue weighted by molar-refractivity contribution is -0.0330. The Kier molecular flexibility index (Phi) is 5.79. The van der Waals surface area contributed by atoms with E-state index in [0.29, 0.717) is 13.2 Å². The van der Waals surface area contributed by atoms with Crippen molar-refractivity contribution in [2.45, 2.75) is 33.0 Å². The molecule has 1 unspecified atom stereocenters. The summed E-state index contributed by atoms with van der Waals surface area (Å²) in [4.78, 5) is 2.39. The zero-order valence-electron chi connectivity index (χ0n) is 15.7. The molecule has 142 valence electrons. The Morgan fingerprint density at radius 2 is 1.96 bits per heavy atom. The van der Waals surface area contributed by atoms with Crippen LogP contribution in [0, 0.1) is 13.8 Å². The third kappa shape index (κ3) is 4.72. The van der Waals surface area contributed by atoms with Crippen molar-refractivity contribution < 1.29 is 13.2 Å². The predicted molar refractivity (Wildman–Crippen MR) is 102 cm³/mol. The van der Waals surface area contributed by atoms with Crippen molar-refractivity contribution in [2.75, 3.05) is 31.7 Å². The van der Waals surface area contributed by atoms with Gasteiger partial charge in [0.15, 0.2) is 0 Å². The van der Waals surface area contributed by atoms with Crippen molar-refractivity contribution in [3.05, 3.63) is 52.8 Å². The number of aryl methyl sites for hydroxylation is 2. The Hall–Kier alpha value is -1.70. The van der Waals surface area contributed by atoms with E-state index in [1.165, 1.54) is 17.4 Å². The summed E-state index contributed by atoms with van der Waals surface area (Å²) < 4.78 is 30.6. The molecule has 6 nitrogen and oxygen atoms in total. The number of morpholine rings is 1. The molecular weight excluding hydrogens is 350 g/mol. The minimum Gasteiger partial charge on any atom is -0.371 e. The fourth-order valence-electron chi connectivity index (χ4n) is 3.37. The van der Waals surface area contributed by atoms with Gasteiger partial charge in [-0.3, -0.25) is 9.58 Å². The minimum atomic E-state index is -3.00. The third-order valence-electron chi connectivity index (χ3n) is 4.91. The van der Waals surface area contributed by atoms with Crippen molar-refractivity contribution >= 4 is 9.84 Å². The molecule has 0 amide bonds. The molecule has 2 aromatic rings. The SMILES string of the molecule is Cc1nn(CCS(C)(=O)=O)c(C)c1CN1CCOC(c2ccccc2)C1. The predicted octanol–water partition coefficient (Wildman–Crippen LogP) is 2.12. The van der Waals surface area contributed by atoms with Crippen molar-refractivity contribution in [3.8, 4) is 0 Å². The molecule has 1 aliphatic rings.